The molecule has 0 bridgehead atoms. The van der Waals surface area contributed by atoms with E-state index in [4.69, 9.17) is 16.3 Å². The Morgan fingerprint density at radius 3 is 2.85 bits per heavy atom. The highest BCUT2D eigenvalue weighted by molar-refractivity contribution is 7.99. The van der Waals surface area contributed by atoms with Crippen molar-refractivity contribution < 1.29 is 9.53 Å². The quantitative estimate of drug-likeness (QED) is 0.226. The SMILES string of the molecule is C=CCn1c(COc2ccc(Cl)cc2)nnc1SCC(=O)Nc1sc2c(c1C#N)CCCCC2. The molecule has 1 amide bonds. The van der Waals surface area contributed by atoms with Crippen LogP contribution in [0.3, 0.4) is 0 Å². The number of nitriles is 1. The molecule has 0 aliphatic heterocycles. The molecular formula is C24H24ClN5O2S2. The molecule has 34 heavy (non-hydrogen) atoms. The average molecular weight is 514 g/mol. The van der Waals surface area contributed by atoms with Gasteiger partial charge in [-0.3, -0.25) is 9.36 Å². The molecule has 4 rings (SSSR count). The van der Waals surface area contributed by atoms with Gasteiger partial charge in [-0.25, -0.2) is 0 Å². The highest BCUT2D eigenvalue weighted by atomic mass is 35.5. The van der Waals surface area contributed by atoms with Gasteiger partial charge in [0.25, 0.3) is 0 Å². The van der Waals surface area contributed by atoms with Gasteiger partial charge < -0.3 is 10.1 Å². The molecule has 10 heteroatoms. The van der Waals surface area contributed by atoms with E-state index >= 15 is 0 Å². The van der Waals surface area contributed by atoms with Crippen LogP contribution in [0, 0.1) is 11.3 Å². The first-order chi connectivity index (χ1) is 16.6. The minimum Gasteiger partial charge on any atom is -0.486 e. The predicted octanol–water partition coefficient (Wildman–Crippen LogP) is 5.63. The smallest absolute Gasteiger partial charge is 0.235 e. The largest absolute Gasteiger partial charge is 0.486 e. The van der Waals surface area contributed by atoms with Crippen LogP contribution in [0.25, 0.3) is 0 Å². The number of hydrogen-bond donors (Lipinski definition) is 1. The number of allylic oxidation sites excluding steroid dienone is 1. The van der Waals surface area contributed by atoms with Crippen LogP contribution in [0.2, 0.25) is 5.02 Å². The van der Waals surface area contributed by atoms with Crippen molar-refractivity contribution in [2.75, 3.05) is 11.1 Å². The number of nitrogens with zero attached hydrogens (tertiary/aromatic N) is 4. The number of thiophene rings is 1. The van der Waals surface area contributed by atoms with E-state index in [1.54, 1.807) is 30.3 Å². The third-order valence-corrected chi connectivity index (χ3v) is 7.83. The minimum absolute atomic E-state index is 0.154. The normalized spacial score (nSPS) is 12.9. The van der Waals surface area contributed by atoms with Crippen molar-refractivity contribution in [3.63, 3.8) is 0 Å². The van der Waals surface area contributed by atoms with E-state index in [1.165, 1.54) is 34.4 Å². The first kappa shape index (κ1) is 24.3. The Balaban J connectivity index is 1.39. The lowest BCUT2D eigenvalue weighted by molar-refractivity contribution is -0.113. The molecule has 2 heterocycles. The number of thioether (sulfide) groups is 1. The number of halogens is 1. The Hall–Kier alpha value is -2.80. The van der Waals surface area contributed by atoms with Gasteiger partial charge in [0, 0.05) is 16.4 Å². The number of carbonyl (C=O) groups excluding carboxylic acids is 1. The van der Waals surface area contributed by atoms with Crippen LogP contribution in [0.5, 0.6) is 5.75 Å². The summed E-state index contributed by atoms with van der Waals surface area (Å²) in [6, 6.07) is 9.39. The van der Waals surface area contributed by atoms with Crippen molar-refractivity contribution in [3.8, 4) is 11.8 Å². The van der Waals surface area contributed by atoms with E-state index in [2.05, 4.69) is 28.2 Å². The van der Waals surface area contributed by atoms with Gasteiger partial charge in [-0.2, -0.15) is 5.26 Å². The van der Waals surface area contributed by atoms with E-state index in [0.717, 1.165) is 31.2 Å². The number of carbonyl (C=O) groups is 1. The second-order valence-corrected chi connectivity index (χ2v) is 10.2. The van der Waals surface area contributed by atoms with Crippen molar-refractivity contribution >= 4 is 45.6 Å². The molecule has 1 aromatic carbocycles. The zero-order valence-corrected chi connectivity index (χ0v) is 20.9. The van der Waals surface area contributed by atoms with Gasteiger partial charge in [-0.05, 0) is 55.5 Å². The Bertz CT molecular complexity index is 1210. The fraction of sp³-hybridized carbons (Fsp3) is 0.333. The Morgan fingerprint density at radius 1 is 1.29 bits per heavy atom. The lowest BCUT2D eigenvalue weighted by Gasteiger charge is -2.09. The number of anilines is 1. The highest BCUT2D eigenvalue weighted by Crippen LogP contribution is 2.37. The summed E-state index contributed by atoms with van der Waals surface area (Å²) in [6.45, 7) is 4.52. The fourth-order valence-corrected chi connectivity index (χ4v) is 5.91. The second-order valence-electron chi connectivity index (χ2n) is 7.76. The molecule has 1 N–H and O–H groups in total. The molecule has 0 unspecified atom stereocenters. The van der Waals surface area contributed by atoms with Gasteiger partial charge in [0.15, 0.2) is 11.0 Å². The van der Waals surface area contributed by atoms with Crippen molar-refractivity contribution in [1.82, 2.24) is 14.8 Å². The van der Waals surface area contributed by atoms with Gasteiger partial charge in [-0.15, -0.1) is 28.1 Å². The van der Waals surface area contributed by atoms with Gasteiger partial charge in [-0.1, -0.05) is 35.9 Å². The molecule has 0 fully saturated rings. The summed E-state index contributed by atoms with van der Waals surface area (Å²) < 4.78 is 7.66. The van der Waals surface area contributed by atoms with Crippen molar-refractivity contribution in [2.24, 2.45) is 0 Å². The van der Waals surface area contributed by atoms with Crippen LogP contribution in [-0.2, 0) is 30.8 Å². The van der Waals surface area contributed by atoms with Gasteiger partial charge >= 0.3 is 0 Å². The van der Waals surface area contributed by atoms with Crippen LogP contribution < -0.4 is 10.1 Å². The third-order valence-electron chi connectivity index (χ3n) is 5.41. The predicted molar refractivity (Wildman–Crippen MR) is 136 cm³/mol. The molecule has 2 aromatic heterocycles. The minimum atomic E-state index is -0.176. The number of amides is 1. The van der Waals surface area contributed by atoms with E-state index in [9.17, 15) is 10.1 Å². The second kappa shape index (κ2) is 11.6. The van der Waals surface area contributed by atoms with Crippen LogP contribution in [0.1, 0.15) is 41.1 Å². The summed E-state index contributed by atoms with van der Waals surface area (Å²) in [5.74, 6) is 1.28. The zero-order chi connectivity index (χ0) is 23.9. The monoisotopic (exact) mass is 513 g/mol. The van der Waals surface area contributed by atoms with Crippen LogP contribution >= 0.6 is 34.7 Å². The maximum Gasteiger partial charge on any atom is 0.235 e. The van der Waals surface area contributed by atoms with Crippen molar-refractivity contribution in [3.05, 3.63) is 63.8 Å². The number of rotatable bonds is 9. The van der Waals surface area contributed by atoms with Crippen LogP contribution in [0.4, 0.5) is 5.00 Å². The number of fused-ring (bicyclic) bond motifs is 1. The number of benzene rings is 1. The molecule has 0 radical (unpaired) electrons. The first-order valence-corrected chi connectivity index (χ1v) is 13.2. The summed E-state index contributed by atoms with van der Waals surface area (Å²) in [5.41, 5.74) is 1.74. The fourth-order valence-electron chi connectivity index (χ4n) is 3.77. The van der Waals surface area contributed by atoms with Crippen LogP contribution in [0.15, 0.2) is 42.1 Å². The van der Waals surface area contributed by atoms with Crippen LogP contribution in [-0.4, -0.2) is 26.4 Å². The topological polar surface area (TPSA) is 92.8 Å². The summed E-state index contributed by atoms with van der Waals surface area (Å²) >= 11 is 8.74. The average Bonchev–Trinajstić information content (AvgIpc) is 3.28. The number of nitrogens with one attached hydrogen (secondary N) is 1. The molecule has 1 aliphatic carbocycles. The summed E-state index contributed by atoms with van der Waals surface area (Å²) in [7, 11) is 0. The first-order valence-electron chi connectivity index (χ1n) is 11.0. The maximum absolute atomic E-state index is 12.7. The van der Waals surface area contributed by atoms with E-state index in [-0.39, 0.29) is 18.3 Å². The summed E-state index contributed by atoms with van der Waals surface area (Å²) in [5, 5.41) is 23.0. The van der Waals surface area contributed by atoms with E-state index in [0.29, 0.717) is 38.9 Å². The van der Waals surface area contributed by atoms with Crippen molar-refractivity contribution in [1.29, 1.82) is 5.26 Å². The Kier molecular flexibility index (Phi) is 8.27. The molecule has 1 aliphatic rings. The maximum atomic E-state index is 12.7. The molecule has 0 saturated carbocycles. The van der Waals surface area contributed by atoms with Crippen molar-refractivity contribution in [2.45, 2.75) is 50.4 Å². The molecule has 0 atom stereocenters. The number of aromatic nitrogens is 3. The molecule has 176 valence electrons. The van der Waals surface area contributed by atoms with E-state index < -0.39 is 0 Å². The third kappa shape index (κ3) is 5.81. The molecule has 7 nitrogen and oxygen atoms in total. The number of hydrogen-bond acceptors (Lipinski definition) is 7. The molecule has 0 saturated heterocycles. The lowest BCUT2D eigenvalue weighted by atomic mass is 10.1. The Morgan fingerprint density at radius 2 is 2.09 bits per heavy atom. The van der Waals surface area contributed by atoms with Gasteiger partial charge in [0.05, 0.1) is 11.3 Å². The summed E-state index contributed by atoms with van der Waals surface area (Å²) in [4.78, 5) is 13.9. The standard InChI is InChI=1S/C24H24ClN5O2S2/c1-2-12-30-21(14-32-17-10-8-16(25)9-11-17)28-29-24(30)33-15-22(31)27-23-19(13-26)18-6-4-3-5-7-20(18)34-23/h2,8-11H,1,3-7,12,14-15H2,(H,27,31). The molecular weight excluding hydrogens is 490 g/mol. The van der Waals surface area contributed by atoms with Gasteiger partial charge in [0.1, 0.15) is 23.4 Å². The zero-order valence-electron chi connectivity index (χ0n) is 18.6. The van der Waals surface area contributed by atoms with E-state index in [1.807, 2.05) is 4.57 Å². The lowest BCUT2D eigenvalue weighted by Crippen LogP contribution is -2.15. The molecule has 3 aromatic rings. The Labute approximate surface area is 211 Å². The highest BCUT2D eigenvalue weighted by Gasteiger charge is 2.21. The van der Waals surface area contributed by atoms with Gasteiger partial charge in [0.2, 0.25) is 5.91 Å². The summed E-state index contributed by atoms with van der Waals surface area (Å²) in [6.07, 6.45) is 7.03. The number of ether oxygens (including phenoxy) is 1. The number of aryl methyl sites for hydroxylation is 1. The molecule has 0 spiro atoms.